The van der Waals surface area contributed by atoms with Gasteiger partial charge in [0, 0.05) is 6.61 Å². The van der Waals surface area contributed by atoms with E-state index in [0.717, 1.165) is 13.0 Å². The highest BCUT2D eigenvalue weighted by molar-refractivity contribution is 4.60. The summed E-state index contributed by atoms with van der Waals surface area (Å²) in [6.07, 6.45) is 13.0. The van der Waals surface area contributed by atoms with Crippen molar-refractivity contribution >= 4 is 0 Å². The van der Waals surface area contributed by atoms with Crippen LogP contribution in [0.4, 0.5) is 0 Å². The van der Waals surface area contributed by atoms with E-state index in [2.05, 4.69) is 13.8 Å². The molecule has 9 heteroatoms. The van der Waals surface area contributed by atoms with Crippen molar-refractivity contribution in [3.63, 3.8) is 0 Å². The Balaban J connectivity index is 3.75. The fourth-order valence-electron chi connectivity index (χ4n) is 4.36. The average molecular weight is 651 g/mol. The van der Waals surface area contributed by atoms with Crippen LogP contribution >= 0.6 is 0 Å². The quantitative estimate of drug-likeness (QED) is 0.0730. The Morgan fingerprint density at radius 3 is 0.867 bits per heavy atom. The molecule has 0 aromatic carbocycles. The lowest BCUT2D eigenvalue weighted by molar-refractivity contribution is -0.109. The summed E-state index contributed by atoms with van der Waals surface area (Å²) in [6, 6.07) is 0. The van der Waals surface area contributed by atoms with Crippen molar-refractivity contribution in [2.75, 3.05) is 59.5 Å². The Hall–Kier alpha value is -0.360. The molecule has 0 bridgehead atoms. The van der Waals surface area contributed by atoms with Crippen molar-refractivity contribution in [1.29, 1.82) is 0 Å². The molecule has 0 radical (unpaired) electrons. The summed E-state index contributed by atoms with van der Waals surface area (Å²) >= 11 is 0. The minimum Gasteiger partial charge on any atom is -0.394 e. The molecule has 9 nitrogen and oxygen atoms in total. The van der Waals surface area contributed by atoms with Gasteiger partial charge in [0.2, 0.25) is 0 Å². The molecule has 1 N–H and O–H groups in total. The van der Waals surface area contributed by atoms with Crippen molar-refractivity contribution in [2.45, 2.75) is 175 Å². The first kappa shape index (κ1) is 44.6. The summed E-state index contributed by atoms with van der Waals surface area (Å²) < 4.78 is 46.8. The molecule has 272 valence electrons. The van der Waals surface area contributed by atoms with Gasteiger partial charge in [-0.1, -0.05) is 64.7 Å². The lowest BCUT2D eigenvalue weighted by Gasteiger charge is -2.23. The van der Waals surface area contributed by atoms with Gasteiger partial charge < -0.3 is 43.0 Å². The highest BCUT2D eigenvalue weighted by atomic mass is 16.6. The molecule has 0 aliphatic heterocycles. The van der Waals surface area contributed by atoms with Crippen LogP contribution in [-0.4, -0.2) is 113 Å². The Labute approximate surface area is 277 Å². The fraction of sp³-hybridized carbons (Fsp3) is 1.00. The van der Waals surface area contributed by atoms with E-state index in [4.69, 9.17) is 43.0 Å². The maximum Gasteiger partial charge on any atom is 0.0781 e. The topological polar surface area (TPSA) is 94.1 Å². The normalized spacial score (nSPS) is 17.5. The van der Waals surface area contributed by atoms with Crippen molar-refractivity contribution in [3.05, 3.63) is 0 Å². The van der Waals surface area contributed by atoms with E-state index < -0.39 is 0 Å². The molecule has 0 saturated heterocycles. The van der Waals surface area contributed by atoms with Gasteiger partial charge in [-0.2, -0.15) is 0 Å². The minimum absolute atomic E-state index is 0.00303. The zero-order chi connectivity index (χ0) is 33.7. The third-order valence-electron chi connectivity index (χ3n) is 7.47. The highest BCUT2D eigenvalue weighted by Gasteiger charge is 2.14. The van der Waals surface area contributed by atoms with E-state index in [1.807, 2.05) is 48.5 Å². The highest BCUT2D eigenvalue weighted by Crippen LogP contribution is 2.11. The van der Waals surface area contributed by atoms with Gasteiger partial charge in [0.15, 0.2) is 0 Å². The van der Waals surface area contributed by atoms with E-state index in [0.29, 0.717) is 46.2 Å². The third kappa shape index (κ3) is 30.7. The van der Waals surface area contributed by atoms with Crippen LogP contribution in [0.25, 0.3) is 0 Å². The van der Waals surface area contributed by atoms with Gasteiger partial charge in [0.25, 0.3) is 0 Å². The second-order valence-electron chi connectivity index (χ2n) is 13.1. The summed E-state index contributed by atoms with van der Waals surface area (Å²) in [6.45, 7) is 22.4. The Kier molecular flexibility index (Phi) is 30.7. The van der Waals surface area contributed by atoms with E-state index >= 15 is 0 Å². The first-order chi connectivity index (χ1) is 21.6. The zero-order valence-corrected chi connectivity index (χ0v) is 30.8. The van der Waals surface area contributed by atoms with E-state index in [1.165, 1.54) is 57.8 Å². The number of hydrogen-bond donors (Lipinski definition) is 1. The minimum atomic E-state index is -0.184. The lowest BCUT2D eigenvalue weighted by Crippen LogP contribution is -2.30. The molecule has 0 aliphatic rings. The van der Waals surface area contributed by atoms with E-state index in [1.54, 1.807) is 0 Å². The second-order valence-corrected chi connectivity index (χ2v) is 13.1. The number of hydrogen-bond acceptors (Lipinski definition) is 9. The van der Waals surface area contributed by atoms with Crippen LogP contribution in [0, 0.1) is 0 Å². The maximum absolute atomic E-state index is 9.03. The molecule has 0 amide bonds. The monoisotopic (exact) mass is 651 g/mol. The van der Waals surface area contributed by atoms with E-state index in [-0.39, 0.29) is 55.4 Å². The summed E-state index contributed by atoms with van der Waals surface area (Å²) in [4.78, 5) is 0. The molecule has 0 rings (SSSR count). The Morgan fingerprint density at radius 2 is 0.578 bits per heavy atom. The van der Waals surface area contributed by atoms with Crippen molar-refractivity contribution in [3.8, 4) is 0 Å². The standard InChI is InChI=1S/C36H74O9/c1-10-11-12-13-14-15-16-17-18-19-20-38-30(3)22-40-32(5)24-42-34(7)26-44-36(9)28-45-35(8)27-43-33(6)25-41-31(4)23-39-29(2)21-37/h29-37H,10-28H2,1-9H3. The van der Waals surface area contributed by atoms with Crippen molar-refractivity contribution in [2.24, 2.45) is 0 Å². The van der Waals surface area contributed by atoms with Crippen LogP contribution in [0.1, 0.15) is 127 Å². The molecular formula is C36H74O9. The van der Waals surface area contributed by atoms with Crippen molar-refractivity contribution in [1.82, 2.24) is 0 Å². The van der Waals surface area contributed by atoms with Crippen LogP contribution in [-0.2, 0) is 37.9 Å². The van der Waals surface area contributed by atoms with Crippen LogP contribution in [0.2, 0.25) is 0 Å². The Bertz CT molecular complexity index is 611. The van der Waals surface area contributed by atoms with Gasteiger partial charge in [0.1, 0.15) is 0 Å². The first-order valence-electron chi connectivity index (χ1n) is 18.1. The van der Waals surface area contributed by atoms with Gasteiger partial charge in [-0.15, -0.1) is 0 Å². The molecule has 0 aromatic rings. The molecule has 8 atom stereocenters. The number of aliphatic hydroxyl groups excluding tert-OH is 1. The lowest BCUT2D eigenvalue weighted by atomic mass is 10.1. The van der Waals surface area contributed by atoms with E-state index in [9.17, 15) is 0 Å². The predicted molar refractivity (Wildman–Crippen MR) is 182 cm³/mol. The summed E-state index contributed by atoms with van der Waals surface area (Å²) in [7, 11) is 0. The fourth-order valence-corrected chi connectivity index (χ4v) is 4.36. The number of aliphatic hydroxyl groups is 1. The maximum atomic E-state index is 9.03. The van der Waals surface area contributed by atoms with Crippen LogP contribution < -0.4 is 0 Å². The Morgan fingerprint density at radius 1 is 0.333 bits per heavy atom. The van der Waals surface area contributed by atoms with Crippen LogP contribution in [0.3, 0.4) is 0 Å². The number of ether oxygens (including phenoxy) is 8. The van der Waals surface area contributed by atoms with Gasteiger partial charge in [-0.3, -0.25) is 0 Å². The van der Waals surface area contributed by atoms with Gasteiger partial charge >= 0.3 is 0 Å². The molecular weight excluding hydrogens is 576 g/mol. The smallest absolute Gasteiger partial charge is 0.0781 e. The van der Waals surface area contributed by atoms with Gasteiger partial charge in [-0.05, 0) is 61.8 Å². The molecule has 45 heavy (non-hydrogen) atoms. The summed E-state index contributed by atoms with van der Waals surface area (Å²) in [5.74, 6) is 0. The molecule has 0 aliphatic carbocycles. The predicted octanol–water partition coefficient (Wildman–Crippen LogP) is 7.14. The third-order valence-corrected chi connectivity index (χ3v) is 7.47. The second kappa shape index (κ2) is 30.9. The van der Waals surface area contributed by atoms with Gasteiger partial charge in [0.05, 0.1) is 102 Å². The number of rotatable bonds is 34. The summed E-state index contributed by atoms with van der Waals surface area (Å²) in [5.41, 5.74) is 0. The largest absolute Gasteiger partial charge is 0.394 e. The summed E-state index contributed by atoms with van der Waals surface area (Å²) in [5, 5.41) is 9.03. The van der Waals surface area contributed by atoms with Gasteiger partial charge in [-0.25, -0.2) is 0 Å². The van der Waals surface area contributed by atoms with Crippen molar-refractivity contribution < 1.29 is 43.0 Å². The molecule has 8 unspecified atom stereocenters. The first-order valence-corrected chi connectivity index (χ1v) is 18.1. The molecule has 0 fully saturated rings. The molecule has 0 aromatic heterocycles. The zero-order valence-electron chi connectivity index (χ0n) is 30.8. The molecule has 0 heterocycles. The number of unbranched alkanes of at least 4 members (excludes halogenated alkanes) is 9. The van der Waals surface area contributed by atoms with Crippen LogP contribution in [0.15, 0.2) is 0 Å². The molecule has 0 saturated carbocycles. The average Bonchev–Trinajstić information content (AvgIpc) is 3.03. The molecule has 0 spiro atoms. The SMILES string of the molecule is CCCCCCCCCCCCOC(C)COC(C)COC(C)COC(C)COC(C)COC(C)COC(C)COC(C)CO. The van der Waals surface area contributed by atoms with Crippen LogP contribution in [0.5, 0.6) is 0 Å².